The number of para-hydroxylation sites is 1. The van der Waals surface area contributed by atoms with E-state index in [1.807, 2.05) is 0 Å². The highest BCUT2D eigenvalue weighted by molar-refractivity contribution is 7.90. The van der Waals surface area contributed by atoms with E-state index < -0.39 is 21.7 Å². The highest BCUT2D eigenvalue weighted by Crippen LogP contribution is 2.30. The number of rotatable bonds is 6. The molecule has 0 radical (unpaired) electrons. The summed E-state index contributed by atoms with van der Waals surface area (Å²) in [4.78, 5) is 3.93. The van der Waals surface area contributed by atoms with Crippen molar-refractivity contribution >= 4 is 32.3 Å². The van der Waals surface area contributed by atoms with Crippen molar-refractivity contribution in [2.75, 3.05) is 12.4 Å². The van der Waals surface area contributed by atoms with Crippen LogP contribution in [0.4, 0.5) is 20.2 Å². The molecule has 6 nitrogen and oxygen atoms in total. The van der Waals surface area contributed by atoms with E-state index in [0.29, 0.717) is 23.1 Å². The number of benzene rings is 2. The molecule has 0 saturated heterocycles. The SMILES string of the molecule is CNCc1cn(S(=O)(=O)c2cccnc2)c2cc(Nc3c(F)cccc3F)ccc12. The molecule has 9 heteroatoms. The summed E-state index contributed by atoms with van der Waals surface area (Å²) in [5, 5.41) is 6.43. The molecule has 30 heavy (non-hydrogen) atoms. The number of hydrogen-bond donors (Lipinski definition) is 2. The Balaban J connectivity index is 1.87. The first-order valence-corrected chi connectivity index (χ1v) is 10.5. The van der Waals surface area contributed by atoms with Gasteiger partial charge in [0.15, 0.2) is 0 Å². The van der Waals surface area contributed by atoms with Crippen molar-refractivity contribution in [3.63, 3.8) is 0 Å². The van der Waals surface area contributed by atoms with Crippen LogP contribution in [0.2, 0.25) is 0 Å². The summed E-state index contributed by atoms with van der Waals surface area (Å²) >= 11 is 0. The molecule has 2 heterocycles. The molecule has 0 bridgehead atoms. The first-order chi connectivity index (χ1) is 14.4. The molecular formula is C21H18F2N4O2S. The van der Waals surface area contributed by atoms with Crippen LogP contribution in [-0.2, 0) is 16.6 Å². The predicted octanol–water partition coefficient (Wildman–Crippen LogP) is 4.01. The van der Waals surface area contributed by atoms with Crippen molar-refractivity contribution in [2.45, 2.75) is 11.4 Å². The number of hydrogen-bond acceptors (Lipinski definition) is 5. The second-order valence-corrected chi connectivity index (χ2v) is 8.44. The number of pyridine rings is 1. The molecule has 0 unspecified atom stereocenters. The molecule has 0 saturated carbocycles. The van der Waals surface area contributed by atoms with Crippen LogP contribution in [0.3, 0.4) is 0 Å². The Hall–Kier alpha value is -3.30. The van der Waals surface area contributed by atoms with E-state index in [1.165, 1.54) is 30.7 Å². The summed E-state index contributed by atoms with van der Waals surface area (Å²) in [5.41, 5.74) is 1.19. The summed E-state index contributed by atoms with van der Waals surface area (Å²) in [6.07, 6.45) is 4.30. The number of nitrogens with zero attached hydrogens (tertiary/aromatic N) is 2. The number of fused-ring (bicyclic) bond motifs is 1. The molecule has 0 fully saturated rings. The first-order valence-electron chi connectivity index (χ1n) is 9.07. The molecule has 0 aliphatic carbocycles. The minimum Gasteiger partial charge on any atom is -0.351 e. The molecule has 2 N–H and O–H groups in total. The molecule has 4 rings (SSSR count). The maximum Gasteiger partial charge on any atom is 0.269 e. The number of anilines is 2. The molecule has 0 atom stereocenters. The van der Waals surface area contributed by atoms with Gasteiger partial charge in [-0.3, -0.25) is 4.98 Å². The summed E-state index contributed by atoms with van der Waals surface area (Å²) in [5.74, 6) is -1.49. The molecule has 154 valence electrons. The van der Waals surface area contributed by atoms with Crippen LogP contribution in [0.5, 0.6) is 0 Å². The van der Waals surface area contributed by atoms with E-state index >= 15 is 0 Å². The fourth-order valence-corrected chi connectivity index (χ4v) is 4.60. The predicted molar refractivity (Wildman–Crippen MR) is 111 cm³/mol. The third-order valence-electron chi connectivity index (χ3n) is 4.64. The lowest BCUT2D eigenvalue weighted by atomic mass is 10.1. The summed E-state index contributed by atoms with van der Waals surface area (Å²) in [7, 11) is -2.16. The molecular weight excluding hydrogens is 410 g/mol. The van der Waals surface area contributed by atoms with Crippen LogP contribution < -0.4 is 10.6 Å². The van der Waals surface area contributed by atoms with Crippen LogP contribution in [0, 0.1) is 11.6 Å². The van der Waals surface area contributed by atoms with Gasteiger partial charge < -0.3 is 10.6 Å². The fourth-order valence-electron chi connectivity index (χ4n) is 3.25. The van der Waals surface area contributed by atoms with E-state index in [0.717, 1.165) is 21.7 Å². The van der Waals surface area contributed by atoms with Gasteiger partial charge in [-0.25, -0.2) is 21.2 Å². The van der Waals surface area contributed by atoms with Crippen molar-refractivity contribution in [1.29, 1.82) is 0 Å². The summed E-state index contributed by atoms with van der Waals surface area (Å²) in [6, 6.07) is 11.5. The molecule has 2 aromatic carbocycles. The third-order valence-corrected chi connectivity index (χ3v) is 6.30. The minimum atomic E-state index is -3.92. The first kappa shape index (κ1) is 20.0. The van der Waals surface area contributed by atoms with E-state index in [9.17, 15) is 17.2 Å². The third kappa shape index (κ3) is 3.53. The van der Waals surface area contributed by atoms with E-state index in [-0.39, 0.29) is 10.6 Å². The van der Waals surface area contributed by atoms with Crippen LogP contribution >= 0.6 is 0 Å². The van der Waals surface area contributed by atoms with Gasteiger partial charge in [-0.15, -0.1) is 0 Å². The maximum absolute atomic E-state index is 14.0. The van der Waals surface area contributed by atoms with Crippen LogP contribution in [-0.4, -0.2) is 24.4 Å². The lowest BCUT2D eigenvalue weighted by Gasteiger charge is -2.11. The second-order valence-electron chi connectivity index (χ2n) is 6.63. The molecule has 4 aromatic rings. The standard InChI is InChI=1S/C21H18F2N4O2S/c1-24-11-14-13-27(30(28,29)16-4-3-9-25-12-16)20-10-15(7-8-17(14)20)26-21-18(22)5-2-6-19(21)23/h2-10,12-13,24,26H,11H2,1H3. The zero-order chi connectivity index (χ0) is 21.3. The van der Waals surface area contributed by atoms with Gasteiger partial charge in [0.05, 0.1) is 5.52 Å². The monoisotopic (exact) mass is 428 g/mol. The summed E-state index contributed by atoms with van der Waals surface area (Å²) < 4.78 is 55.6. The zero-order valence-corrected chi connectivity index (χ0v) is 16.7. The van der Waals surface area contributed by atoms with Crippen LogP contribution in [0.15, 0.2) is 72.0 Å². The molecule has 0 spiro atoms. The number of halogens is 2. The van der Waals surface area contributed by atoms with E-state index in [2.05, 4.69) is 15.6 Å². The van der Waals surface area contributed by atoms with Crippen molar-refractivity contribution < 1.29 is 17.2 Å². The van der Waals surface area contributed by atoms with Gasteiger partial charge in [-0.2, -0.15) is 0 Å². The van der Waals surface area contributed by atoms with Crippen molar-refractivity contribution in [1.82, 2.24) is 14.3 Å². The Kier molecular flexibility index (Phi) is 5.23. The van der Waals surface area contributed by atoms with Crippen LogP contribution in [0.1, 0.15) is 5.56 Å². The molecule has 0 amide bonds. The Morgan fingerprint density at radius 3 is 2.50 bits per heavy atom. The smallest absolute Gasteiger partial charge is 0.269 e. The fraction of sp³-hybridized carbons (Fsp3) is 0.0952. The van der Waals surface area contributed by atoms with Crippen molar-refractivity contribution in [2.24, 2.45) is 0 Å². The highest BCUT2D eigenvalue weighted by atomic mass is 32.2. The maximum atomic E-state index is 14.0. The van der Waals surface area contributed by atoms with Gasteiger partial charge in [-0.05, 0) is 49.0 Å². The van der Waals surface area contributed by atoms with Gasteiger partial charge in [0.25, 0.3) is 10.0 Å². The Bertz CT molecular complexity index is 1300. The largest absolute Gasteiger partial charge is 0.351 e. The minimum absolute atomic E-state index is 0.0384. The Morgan fingerprint density at radius 1 is 1.07 bits per heavy atom. The van der Waals surface area contributed by atoms with Gasteiger partial charge in [0.1, 0.15) is 22.2 Å². The Labute approximate surface area is 172 Å². The lowest BCUT2D eigenvalue weighted by molar-refractivity contribution is 0.588. The summed E-state index contributed by atoms with van der Waals surface area (Å²) in [6.45, 7) is 0.445. The van der Waals surface area contributed by atoms with Crippen LogP contribution in [0.25, 0.3) is 10.9 Å². The molecule has 0 aliphatic rings. The highest BCUT2D eigenvalue weighted by Gasteiger charge is 2.22. The molecule has 2 aromatic heterocycles. The topological polar surface area (TPSA) is 76.0 Å². The zero-order valence-electron chi connectivity index (χ0n) is 15.9. The van der Waals surface area contributed by atoms with E-state index in [1.54, 1.807) is 31.3 Å². The van der Waals surface area contributed by atoms with E-state index in [4.69, 9.17) is 0 Å². The van der Waals surface area contributed by atoms with Crippen molar-refractivity contribution in [3.05, 3.63) is 84.3 Å². The average molecular weight is 428 g/mol. The van der Waals surface area contributed by atoms with Gasteiger partial charge >= 0.3 is 0 Å². The lowest BCUT2D eigenvalue weighted by Crippen LogP contribution is -2.12. The van der Waals surface area contributed by atoms with Crippen molar-refractivity contribution in [3.8, 4) is 0 Å². The van der Waals surface area contributed by atoms with Gasteiger partial charge in [0.2, 0.25) is 0 Å². The average Bonchev–Trinajstić information content (AvgIpc) is 3.10. The number of nitrogens with one attached hydrogen (secondary N) is 2. The van der Waals surface area contributed by atoms with Gasteiger partial charge in [-0.1, -0.05) is 12.1 Å². The number of aromatic nitrogens is 2. The second kappa shape index (κ2) is 7.85. The Morgan fingerprint density at radius 2 is 1.83 bits per heavy atom. The van der Waals surface area contributed by atoms with Gasteiger partial charge in [0, 0.05) is 36.2 Å². The normalized spacial score (nSPS) is 11.7. The quantitative estimate of drug-likeness (QED) is 0.485. The molecule has 0 aliphatic heterocycles.